The molecule has 0 aromatic carbocycles. The second kappa shape index (κ2) is 4.99. The molecule has 0 bridgehead atoms. The fourth-order valence-corrected chi connectivity index (χ4v) is 2.87. The summed E-state index contributed by atoms with van der Waals surface area (Å²) in [7, 11) is 1.90. The van der Waals surface area contributed by atoms with E-state index in [-0.39, 0.29) is 6.04 Å². The van der Waals surface area contributed by atoms with Crippen LogP contribution in [0.3, 0.4) is 0 Å². The molecule has 2 rings (SSSR count). The summed E-state index contributed by atoms with van der Waals surface area (Å²) >= 11 is 0. The van der Waals surface area contributed by atoms with Crippen LogP contribution in [0, 0.1) is 18.3 Å². The number of anilines is 1. The number of hydrogen-bond donors (Lipinski definition) is 1. The highest BCUT2D eigenvalue weighted by atomic mass is 15.4. The Morgan fingerprint density at radius 2 is 2.22 bits per heavy atom. The van der Waals surface area contributed by atoms with Crippen LogP contribution >= 0.6 is 0 Å². The predicted octanol–water partition coefficient (Wildman–Crippen LogP) is 1.31. The van der Waals surface area contributed by atoms with Gasteiger partial charge in [0.05, 0.1) is 5.69 Å². The van der Waals surface area contributed by atoms with E-state index in [4.69, 9.17) is 5.73 Å². The first-order valence-corrected chi connectivity index (χ1v) is 6.52. The van der Waals surface area contributed by atoms with Crippen molar-refractivity contribution in [2.75, 3.05) is 11.4 Å². The highest BCUT2D eigenvalue weighted by Gasteiger charge is 2.30. The maximum Gasteiger partial charge on any atom is 0.145 e. The van der Waals surface area contributed by atoms with Crippen LogP contribution in [0.25, 0.3) is 0 Å². The number of rotatable bonds is 2. The van der Waals surface area contributed by atoms with Gasteiger partial charge in [0.15, 0.2) is 0 Å². The standard InChI is InChI=1S/C13H21N5/c1-9(15)12-6-4-5-7-18(12)13-11(8-14)10(2)16-17(13)3/h9,12H,4-7,15H2,1-3H3. The van der Waals surface area contributed by atoms with Gasteiger partial charge in [-0.25, -0.2) is 0 Å². The number of hydrogen-bond acceptors (Lipinski definition) is 4. The fourth-order valence-electron chi connectivity index (χ4n) is 2.87. The minimum absolute atomic E-state index is 0.104. The SMILES string of the molecule is Cc1nn(C)c(N2CCCCC2C(C)N)c1C#N. The van der Waals surface area contributed by atoms with E-state index in [9.17, 15) is 5.26 Å². The van der Waals surface area contributed by atoms with Crippen molar-refractivity contribution >= 4 is 5.82 Å². The minimum Gasteiger partial charge on any atom is -0.351 e. The smallest absolute Gasteiger partial charge is 0.145 e. The van der Waals surface area contributed by atoms with Crippen LogP contribution in [0.15, 0.2) is 0 Å². The molecule has 0 radical (unpaired) electrons. The largest absolute Gasteiger partial charge is 0.351 e. The van der Waals surface area contributed by atoms with Crippen LogP contribution in [-0.4, -0.2) is 28.4 Å². The monoisotopic (exact) mass is 247 g/mol. The Labute approximate surface area is 108 Å². The van der Waals surface area contributed by atoms with E-state index in [2.05, 4.69) is 16.1 Å². The van der Waals surface area contributed by atoms with Gasteiger partial charge < -0.3 is 10.6 Å². The van der Waals surface area contributed by atoms with E-state index in [0.29, 0.717) is 11.6 Å². The lowest BCUT2D eigenvalue weighted by Crippen LogP contribution is -2.50. The van der Waals surface area contributed by atoms with Crippen molar-refractivity contribution in [3.8, 4) is 6.07 Å². The molecule has 1 aromatic rings. The van der Waals surface area contributed by atoms with Crippen molar-refractivity contribution in [1.29, 1.82) is 5.26 Å². The molecule has 2 atom stereocenters. The summed E-state index contributed by atoms with van der Waals surface area (Å²) in [6.45, 7) is 4.88. The average Bonchev–Trinajstić information content (AvgIpc) is 2.63. The molecule has 1 fully saturated rings. The number of piperidine rings is 1. The first-order valence-electron chi connectivity index (χ1n) is 6.52. The molecule has 5 heteroatoms. The molecule has 0 saturated carbocycles. The molecule has 0 spiro atoms. The molecule has 1 aliphatic heterocycles. The van der Waals surface area contributed by atoms with Crippen LogP contribution in [0.1, 0.15) is 37.4 Å². The van der Waals surface area contributed by atoms with Gasteiger partial charge in [0.1, 0.15) is 17.5 Å². The van der Waals surface area contributed by atoms with Crippen LogP contribution < -0.4 is 10.6 Å². The molecule has 1 aliphatic rings. The molecule has 1 aromatic heterocycles. The topological polar surface area (TPSA) is 70.9 Å². The predicted molar refractivity (Wildman–Crippen MR) is 71.3 cm³/mol. The number of aryl methyl sites for hydroxylation is 2. The molecule has 2 unspecified atom stereocenters. The molecule has 0 amide bonds. The van der Waals surface area contributed by atoms with E-state index in [1.165, 1.54) is 6.42 Å². The highest BCUT2D eigenvalue weighted by Crippen LogP contribution is 2.29. The zero-order valence-electron chi connectivity index (χ0n) is 11.3. The Hall–Kier alpha value is -1.54. The normalized spacial score (nSPS) is 21.7. The fraction of sp³-hybridized carbons (Fsp3) is 0.692. The zero-order chi connectivity index (χ0) is 13.3. The van der Waals surface area contributed by atoms with Gasteiger partial charge in [0, 0.05) is 25.7 Å². The second-order valence-electron chi connectivity index (χ2n) is 5.14. The van der Waals surface area contributed by atoms with Gasteiger partial charge in [-0.3, -0.25) is 4.68 Å². The van der Waals surface area contributed by atoms with Gasteiger partial charge in [0.2, 0.25) is 0 Å². The van der Waals surface area contributed by atoms with Crippen molar-refractivity contribution < 1.29 is 0 Å². The Morgan fingerprint density at radius 1 is 1.50 bits per heavy atom. The molecule has 0 aliphatic carbocycles. The van der Waals surface area contributed by atoms with Crippen LogP contribution in [0.2, 0.25) is 0 Å². The summed E-state index contributed by atoms with van der Waals surface area (Å²) in [5, 5.41) is 13.7. The molecular formula is C13H21N5. The Bertz CT molecular complexity index is 468. The van der Waals surface area contributed by atoms with Crippen LogP contribution in [-0.2, 0) is 7.05 Å². The van der Waals surface area contributed by atoms with Gasteiger partial charge in [-0.2, -0.15) is 10.4 Å². The third kappa shape index (κ3) is 2.08. The number of nitriles is 1. The lowest BCUT2D eigenvalue weighted by Gasteiger charge is -2.39. The summed E-state index contributed by atoms with van der Waals surface area (Å²) in [6.07, 6.45) is 3.45. The molecular weight excluding hydrogens is 226 g/mol. The van der Waals surface area contributed by atoms with Crippen molar-refractivity contribution in [3.63, 3.8) is 0 Å². The second-order valence-corrected chi connectivity index (χ2v) is 5.14. The van der Waals surface area contributed by atoms with E-state index < -0.39 is 0 Å². The molecule has 2 N–H and O–H groups in total. The van der Waals surface area contributed by atoms with Gasteiger partial charge in [-0.1, -0.05) is 0 Å². The van der Waals surface area contributed by atoms with E-state index in [1.54, 1.807) is 0 Å². The van der Waals surface area contributed by atoms with Crippen LogP contribution in [0.5, 0.6) is 0 Å². The van der Waals surface area contributed by atoms with Crippen molar-refractivity contribution in [2.24, 2.45) is 12.8 Å². The van der Waals surface area contributed by atoms with Crippen molar-refractivity contribution in [2.45, 2.75) is 45.2 Å². The third-order valence-electron chi connectivity index (χ3n) is 3.73. The van der Waals surface area contributed by atoms with Gasteiger partial charge in [0.25, 0.3) is 0 Å². The van der Waals surface area contributed by atoms with Gasteiger partial charge in [-0.15, -0.1) is 0 Å². The first-order chi connectivity index (χ1) is 8.56. The summed E-state index contributed by atoms with van der Waals surface area (Å²) in [4.78, 5) is 2.27. The summed E-state index contributed by atoms with van der Waals surface area (Å²) in [5.74, 6) is 0.928. The molecule has 2 heterocycles. The summed E-state index contributed by atoms with van der Waals surface area (Å²) in [6, 6.07) is 2.69. The lowest BCUT2D eigenvalue weighted by molar-refractivity contribution is 0.406. The van der Waals surface area contributed by atoms with Gasteiger partial charge >= 0.3 is 0 Å². The highest BCUT2D eigenvalue weighted by molar-refractivity contribution is 5.58. The average molecular weight is 247 g/mol. The summed E-state index contributed by atoms with van der Waals surface area (Å²) < 4.78 is 1.81. The lowest BCUT2D eigenvalue weighted by atomic mass is 9.96. The van der Waals surface area contributed by atoms with Crippen molar-refractivity contribution in [1.82, 2.24) is 9.78 Å². The number of aromatic nitrogens is 2. The van der Waals surface area contributed by atoms with Gasteiger partial charge in [-0.05, 0) is 33.1 Å². The quantitative estimate of drug-likeness (QED) is 0.855. The Kier molecular flexibility index (Phi) is 3.58. The van der Waals surface area contributed by atoms with Crippen LogP contribution in [0.4, 0.5) is 5.82 Å². The molecule has 98 valence electrons. The number of nitrogens with zero attached hydrogens (tertiary/aromatic N) is 4. The summed E-state index contributed by atoms with van der Waals surface area (Å²) in [5.41, 5.74) is 7.57. The zero-order valence-corrected chi connectivity index (χ0v) is 11.3. The van der Waals surface area contributed by atoms with E-state index >= 15 is 0 Å². The Balaban J connectivity index is 2.43. The minimum atomic E-state index is 0.104. The Morgan fingerprint density at radius 3 is 2.83 bits per heavy atom. The van der Waals surface area contributed by atoms with E-state index in [1.807, 2.05) is 25.6 Å². The van der Waals surface area contributed by atoms with Crippen molar-refractivity contribution in [3.05, 3.63) is 11.3 Å². The maximum atomic E-state index is 9.31. The van der Waals surface area contributed by atoms with E-state index in [0.717, 1.165) is 30.9 Å². The first kappa shape index (κ1) is 12.9. The molecule has 5 nitrogen and oxygen atoms in total. The maximum absolute atomic E-state index is 9.31. The third-order valence-corrected chi connectivity index (χ3v) is 3.73. The number of nitrogens with two attached hydrogens (primary N) is 1. The molecule has 18 heavy (non-hydrogen) atoms. The molecule has 1 saturated heterocycles.